The first-order valence-electron chi connectivity index (χ1n) is 6.44. The van der Waals surface area contributed by atoms with Gasteiger partial charge in [0.1, 0.15) is 11.9 Å². The van der Waals surface area contributed by atoms with Crippen molar-refractivity contribution in [1.82, 2.24) is 4.98 Å². The third kappa shape index (κ3) is 2.24. The molecule has 1 aromatic rings. The van der Waals surface area contributed by atoms with Gasteiger partial charge in [-0.1, -0.05) is 0 Å². The zero-order valence-electron chi connectivity index (χ0n) is 10.4. The molecule has 2 fully saturated rings. The molecule has 3 rings (SSSR count). The number of rotatable bonds is 5. The van der Waals surface area contributed by atoms with Crippen LogP contribution in [0, 0.1) is 32.8 Å². The number of nitrogens with zero attached hydrogens (tertiary/aromatic N) is 3. The molecule has 0 amide bonds. The predicted octanol–water partition coefficient (Wildman–Crippen LogP) is 2.46. The van der Waals surface area contributed by atoms with Gasteiger partial charge in [-0.05, 0) is 43.1 Å². The van der Waals surface area contributed by atoms with Crippen molar-refractivity contribution in [2.24, 2.45) is 11.3 Å². The molecule has 1 aromatic heterocycles. The molecule has 0 radical (unpaired) electrons. The first kappa shape index (κ1) is 11.9. The Hall–Kier alpha value is -2.16. The average Bonchev–Trinajstić information content (AvgIpc) is 3.28. The van der Waals surface area contributed by atoms with E-state index in [4.69, 9.17) is 5.26 Å². The zero-order valence-corrected chi connectivity index (χ0v) is 10.4. The minimum absolute atomic E-state index is 0.133. The van der Waals surface area contributed by atoms with E-state index in [-0.39, 0.29) is 11.4 Å². The maximum absolute atomic E-state index is 10.7. The smallest absolute Gasteiger partial charge is 0.305 e. The van der Waals surface area contributed by atoms with Crippen LogP contribution in [0.4, 0.5) is 11.5 Å². The fourth-order valence-corrected chi connectivity index (χ4v) is 2.63. The molecule has 0 saturated heterocycles. The van der Waals surface area contributed by atoms with Gasteiger partial charge < -0.3 is 5.32 Å². The van der Waals surface area contributed by atoms with Crippen LogP contribution in [0.2, 0.25) is 0 Å². The van der Waals surface area contributed by atoms with Crippen LogP contribution in [0.5, 0.6) is 0 Å². The highest BCUT2D eigenvalue weighted by Crippen LogP contribution is 2.61. The second-order valence-corrected chi connectivity index (χ2v) is 5.42. The first-order valence-corrected chi connectivity index (χ1v) is 6.44. The van der Waals surface area contributed by atoms with Gasteiger partial charge in [-0.2, -0.15) is 5.26 Å². The lowest BCUT2D eigenvalue weighted by Crippen LogP contribution is -2.18. The van der Waals surface area contributed by atoms with Crippen LogP contribution in [0.3, 0.4) is 0 Å². The highest BCUT2D eigenvalue weighted by molar-refractivity contribution is 5.50. The molecule has 1 heterocycles. The largest absolute Gasteiger partial charge is 0.369 e. The summed E-state index contributed by atoms with van der Waals surface area (Å²) < 4.78 is 0. The van der Waals surface area contributed by atoms with E-state index >= 15 is 0 Å². The second kappa shape index (κ2) is 4.19. The third-order valence-corrected chi connectivity index (χ3v) is 4.13. The van der Waals surface area contributed by atoms with Gasteiger partial charge >= 0.3 is 5.69 Å². The third-order valence-electron chi connectivity index (χ3n) is 4.13. The quantitative estimate of drug-likeness (QED) is 0.647. The number of anilines is 1. The molecule has 19 heavy (non-hydrogen) atoms. The summed E-state index contributed by atoms with van der Waals surface area (Å²) in [6.07, 6.45) is 5.14. The number of nitrogens with one attached hydrogen (secondary N) is 1. The Morgan fingerprint density at radius 2 is 2.26 bits per heavy atom. The maximum atomic E-state index is 10.7. The van der Waals surface area contributed by atoms with Gasteiger partial charge in [0, 0.05) is 12.6 Å². The molecule has 2 aliphatic rings. The SMILES string of the molecule is N#Cc1nc(NCC2(C3CC3)CC2)ccc1[N+](=O)[O-]. The minimum atomic E-state index is -0.581. The second-order valence-electron chi connectivity index (χ2n) is 5.42. The van der Waals surface area contributed by atoms with Crippen molar-refractivity contribution in [2.45, 2.75) is 25.7 Å². The number of pyridine rings is 1. The highest BCUT2D eigenvalue weighted by atomic mass is 16.6. The molecule has 1 N–H and O–H groups in total. The van der Waals surface area contributed by atoms with E-state index in [9.17, 15) is 10.1 Å². The minimum Gasteiger partial charge on any atom is -0.369 e. The van der Waals surface area contributed by atoms with Crippen LogP contribution in [-0.2, 0) is 0 Å². The molecule has 2 saturated carbocycles. The van der Waals surface area contributed by atoms with Gasteiger partial charge in [0.2, 0.25) is 5.69 Å². The van der Waals surface area contributed by atoms with Crippen molar-refractivity contribution < 1.29 is 4.92 Å². The predicted molar refractivity (Wildman–Crippen MR) is 68.5 cm³/mol. The Balaban J connectivity index is 1.71. The summed E-state index contributed by atoms with van der Waals surface area (Å²) in [5.74, 6) is 1.39. The van der Waals surface area contributed by atoms with Gasteiger partial charge in [-0.25, -0.2) is 4.98 Å². The van der Waals surface area contributed by atoms with Crippen LogP contribution in [0.25, 0.3) is 0 Å². The van der Waals surface area contributed by atoms with Crippen molar-refractivity contribution in [2.75, 3.05) is 11.9 Å². The number of aromatic nitrogens is 1. The van der Waals surface area contributed by atoms with Crippen LogP contribution in [-0.4, -0.2) is 16.5 Å². The molecule has 0 atom stereocenters. The van der Waals surface area contributed by atoms with Gasteiger partial charge in [0.05, 0.1) is 4.92 Å². The number of hydrogen-bond donors (Lipinski definition) is 1. The summed E-state index contributed by atoms with van der Waals surface area (Å²) in [6, 6.07) is 4.68. The Morgan fingerprint density at radius 1 is 1.53 bits per heavy atom. The van der Waals surface area contributed by atoms with Crippen molar-refractivity contribution in [3.63, 3.8) is 0 Å². The molecule has 6 nitrogen and oxygen atoms in total. The molecule has 2 aliphatic carbocycles. The van der Waals surface area contributed by atoms with Crippen molar-refractivity contribution in [3.05, 3.63) is 27.9 Å². The Bertz CT molecular complexity index is 570. The number of nitro groups is 1. The van der Waals surface area contributed by atoms with E-state index in [2.05, 4.69) is 10.3 Å². The lowest BCUT2D eigenvalue weighted by atomic mass is 10.0. The summed E-state index contributed by atoms with van der Waals surface area (Å²) in [5, 5.41) is 22.8. The summed E-state index contributed by atoms with van der Waals surface area (Å²) >= 11 is 0. The molecule has 6 heteroatoms. The van der Waals surface area contributed by atoms with Crippen LogP contribution < -0.4 is 5.32 Å². The molecule has 0 bridgehead atoms. The van der Waals surface area contributed by atoms with E-state index in [1.54, 1.807) is 12.1 Å². The molecular weight excluding hydrogens is 244 g/mol. The van der Waals surface area contributed by atoms with Crippen molar-refractivity contribution in [3.8, 4) is 6.07 Å². The normalized spacial score (nSPS) is 19.5. The van der Waals surface area contributed by atoms with E-state index in [0.717, 1.165) is 12.5 Å². The zero-order chi connectivity index (χ0) is 13.5. The van der Waals surface area contributed by atoms with Crippen molar-refractivity contribution in [1.29, 1.82) is 5.26 Å². The Morgan fingerprint density at radius 3 is 2.79 bits per heavy atom. The fraction of sp³-hybridized carbons (Fsp3) is 0.538. The summed E-state index contributed by atoms with van der Waals surface area (Å²) in [5.41, 5.74) is 0.0543. The Labute approximate surface area is 110 Å². The van der Waals surface area contributed by atoms with Crippen molar-refractivity contribution >= 4 is 11.5 Å². The summed E-state index contributed by atoms with van der Waals surface area (Å²) in [7, 11) is 0. The van der Waals surface area contributed by atoms with E-state index in [0.29, 0.717) is 11.2 Å². The lowest BCUT2D eigenvalue weighted by molar-refractivity contribution is -0.385. The monoisotopic (exact) mass is 258 g/mol. The lowest BCUT2D eigenvalue weighted by Gasteiger charge is -2.15. The average molecular weight is 258 g/mol. The molecule has 0 spiro atoms. The van der Waals surface area contributed by atoms with E-state index in [1.165, 1.54) is 31.7 Å². The van der Waals surface area contributed by atoms with Gasteiger partial charge in [0.15, 0.2) is 0 Å². The maximum Gasteiger partial charge on any atom is 0.305 e. The molecular formula is C13H14N4O2. The molecule has 0 unspecified atom stereocenters. The number of nitriles is 1. The van der Waals surface area contributed by atoms with Crippen LogP contribution in [0.1, 0.15) is 31.4 Å². The Kier molecular flexibility index (Phi) is 2.63. The van der Waals surface area contributed by atoms with Gasteiger partial charge in [-0.3, -0.25) is 10.1 Å². The van der Waals surface area contributed by atoms with Crippen LogP contribution in [0.15, 0.2) is 12.1 Å². The standard InChI is InChI=1S/C13H14N4O2/c14-7-10-11(17(18)19)3-4-12(16-10)15-8-13(5-6-13)9-1-2-9/h3-4,9H,1-2,5-6,8H2,(H,15,16). The van der Waals surface area contributed by atoms with Crippen LogP contribution >= 0.6 is 0 Å². The highest BCUT2D eigenvalue weighted by Gasteiger charge is 2.53. The molecule has 0 aromatic carbocycles. The number of hydrogen-bond acceptors (Lipinski definition) is 5. The van der Waals surface area contributed by atoms with E-state index < -0.39 is 4.92 Å². The van der Waals surface area contributed by atoms with Gasteiger partial charge in [0.25, 0.3) is 0 Å². The van der Waals surface area contributed by atoms with Gasteiger partial charge in [-0.15, -0.1) is 0 Å². The summed E-state index contributed by atoms with van der Waals surface area (Å²) in [6.45, 7) is 0.855. The first-order chi connectivity index (χ1) is 9.14. The summed E-state index contributed by atoms with van der Waals surface area (Å²) in [4.78, 5) is 14.1. The fourth-order valence-electron chi connectivity index (χ4n) is 2.63. The molecule has 0 aliphatic heterocycles. The molecule has 98 valence electrons. The topological polar surface area (TPSA) is 91.8 Å². The van der Waals surface area contributed by atoms with E-state index in [1.807, 2.05) is 0 Å².